The molecule has 0 aromatic heterocycles. The van der Waals surface area contributed by atoms with Crippen LogP contribution in [0.5, 0.6) is 0 Å². The van der Waals surface area contributed by atoms with Gasteiger partial charge in [0, 0.05) is 0 Å². The Morgan fingerprint density at radius 3 is 2.43 bits per heavy atom. The molecule has 6 nitrogen and oxygen atoms in total. The maximum Gasteiger partial charge on any atom is 0.350 e. The minimum atomic E-state index is -1.24. The number of carboxylic acids is 1. The number of hydrogen-bond donors (Lipinski definition) is 1. The minimum absolute atomic E-state index is 0.402. The van der Waals surface area contributed by atoms with Gasteiger partial charge in [0.05, 0.1) is 0 Å². The summed E-state index contributed by atoms with van der Waals surface area (Å²) in [4.78, 5) is 25.2. The van der Waals surface area contributed by atoms with Gasteiger partial charge in [0.2, 0.25) is 6.61 Å². The summed E-state index contributed by atoms with van der Waals surface area (Å²) in [5, 5.41) is 11.1. The van der Waals surface area contributed by atoms with E-state index in [0.29, 0.717) is 6.21 Å². The van der Waals surface area contributed by atoms with E-state index in [0.717, 1.165) is 0 Å². The standard InChI is InChI=1S/C8H13NO5/c1-8(2,3)14-7(12)5-13-9-4-6(10)11/h4H,5H2,1-3H3,(H,10,11). The lowest BCUT2D eigenvalue weighted by Gasteiger charge is -2.18. The zero-order chi connectivity index (χ0) is 11.2. The smallest absolute Gasteiger partial charge is 0.350 e. The van der Waals surface area contributed by atoms with Crippen LogP contribution in [0.1, 0.15) is 20.8 Å². The van der Waals surface area contributed by atoms with Crippen molar-refractivity contribution < 1.29 is 24.3 Å². The van der Waals surface area contributed by atoms with Crippen LogP contribution in [0.4, 0.5) is 0 Å². The number of hydrogen-bond acceptors (Lipinski definition) is 5. The number of nitrogens with zero attached hydrogens (tertiary/aromatic N) is 1. The second kappa shape index (κ2) is 5.21. The van der Waals surface area contributed by atoms with Crippen molar-refractivity contribution in [1.29, 1.82) is 0 Å². The van der Waals surface area contributed by atoms with Crippen molar-refractivity contribution in [2.45, 2.75) is 26.4 Å². The van der Waals surface area contributed by atoms with Crippen LogP contribution >= 0.6 is 0 Å². The van der Waals surface area contributed by atoms with Gasteiger partial charge in [-0.3, -0.25) is 0 Å². The maximum atomic E-state index is 10.9. The summed E-state index contributed by atoms with van der Waals surface area (Å²) in [6.07, 6.45) is 0.546. The Balaban J connectivity index is 3.71. The van der Waals surface area contributed by atoms with Gasteiger partial charge in [0.15, 0.2) is 6.21 Å². The van der Waals surface area contributed by atoms with Crippen molar-refractivity contribution in [2.75, 3.05) is 6.61 Å². The van der Waals surface area contributed by atoms with Crippen molar-refractivity contribution in [1.82, 2.24) is 0 Å². The van der Waals surface area contributed by atoms with Gasteiger partial charge in [-0.05, 0) is 20.8 Å². The van der Waals surface area contributed by atoms with Crippen LogP contribution in [0, 0.1) is 0 Å². The molecule has 0 saturated carbocycles. The summed E-state index contributed by atoms with van der Waals surface area (Å²) in [6.45, 7) is 4.74. The van der Waals surface area contributed by atoms with E-state index in [1.54, 1.807) is 20.8 Å². The second-order valence-corrected chi connectivity index (χ2v) is 3.43. The normalized spacial score (nSPS) is 11.4. The summed E-state index contributed by atoms with van der Waals surface area (Å²) in [5.41, 5.74) is -0.586. The van der Waals surface area contributed by atoms with Crippen molar-refractivity contribution >= 4 is 18.2 Å². The number of aliphatic carboxylic acids is 1. The van der Waals surface area contributed by atoms with Crippen LogP contribution in [0.15, 0.2) is 5.16 Å². The topological polar surface area (TPSA) is 85.2 Å². The number of esters is 1. The van der Waals surface area contributed by atoms with Crippen LogP contribution in [0.25, 0.3) is 0 Å². The van der Waals surface area contributed by atoms with Crippen LogP contribution in [0.3, 0.4) is 0 Å². The Morgan fingerprint density at radius 2 is 2.00 bits per heavy atom. The van der Waals surface area contributed by atoms with Gasteiger partial charge in [-0.2, -0.15) is 0 Å². The number of carboxylic acid groups (broad SMARTS) is 1. The molecule has 0 spiro atoms. The molecule has 0 aliphatic rings. The van der Waals surface area contributed by atoms with Crippen molar-refractivity contribution in [3.63, 3.8) is 0 Å². The molecule has 0 aliphatic heterocycles. The molecule has 0 rings (SSSR count). The number of carbonyl (C=O) groups is 2. The molecule has 6 heteroatoms. The van der Waals surface area contributed by atoms with Gasteiger partial charge < -0.3 is 14.7 Å². The molecule has 0 amide bonds. The first-order chi connectivity index (χ1) is 6.31. The molecule has 14 heavy (non-hydrogen) atoms. The molecule has 1 N–H and O–H groups in total. The summed E-state index contributed by atoms with van der Waals surface area (Å²) >= 11 is 0. The van der Waals surface area contributed by atoms with Gasteiger partial charge in [-0.15, -0.1) is 0 Å². The van der Waals surface area contributed by atoms with Crippen LogP contribution in [0.2, 0.25) is 0 Å². The van der Waals surface area contributed by atoms with Gasteiger partial charge >= 0.3 is 11.9 Å². The summed E-state index contributed by atoms with van der Waals surface area (Å²) in [6, 6.07) is 0. The minimum Gasteiger partial charge on any atom is -0.477 e. The van der Waals surface area contributed by atoms with Gasteiger partial charge in [0.1, 0.15) is 5.60 Å². The third kappa shape index (κ3) is 8.51. The number of carbonyl (C=O) groups excluding carboxylic acids is 1. The molecule has 0 saturated heterocycles. The molecule has 0 aromatic rings. The maximum absolute atomic E-state index is 10.9. The van der Waals surface area contributed by atoms with E-state index in [9.17, 15) is 9.59 Å². The molecule has 0 heterocycles. The first kappa shape index (κ1) is 12.4. The van der Waals surface area contributed by atoms with Gasteiger partial charge in [-0.1, -0.05) is 5.16 Å². The predicted molar refractivity (Wildman–Crippen MR) is 47.9 cm³/mol. The predicted octanol–water partition coefficient (Wildman–Crippen LogP) is 0.415. The van der Waals surface area contributed by atoms with E-state index in [4.69, 9.17) is 9.84 Å². The molecular weight excluding hydrogens is 190 g/mol. The molecule has 0 unspecified atom stereocenters. The van der Waals surface area contributed by atoms with E-state index in [1.807, 2.05) is 0 Å². The van der Waals surface area contributed by atoms with Crippen molar-refractivity contribution in [2.24, 2.45) is 5.16 Å². The number of rotatable bonds is 4. The summed E-state index contributed by atoms with van der Waals surface area (Å²) in [7, 11) is 0. The zero-order valence-electron chi connectivity index (χ0n) is 8.31. The van der Waals surface area contributed by atoms with Crippen LogP contribution in [-0.2, 0) is 19.2 Å². The Labute approximate surface area is 81.5 Å². The van der Waals surface area contributed by atoms with Gasteiger partial charge in [-0.25, -0.2) is 9.59 Å². The van der Waals surface area contributed by atoms with Crippen LogP contribution in [-0.4, -0.2) is 35.5 Å². The Hall–Kier alpha value is -1.59. The van der Waals surface area contributed by atoms with Crippen molar-refractivity contribution in [3.05, 3.63) is 0 Å². The molecule has 80 valence electrons. The highest BCUT2D eigenvalue weighted by Gasteiger charge is 2.16. The highest BCUT2D eigenvalue weighted by Crippen LogP contribution is 2.06. The van der Waals surface area contributed by atoms with Crippen LogP contribution < -0.4 is 0 Å². The quantitative estimate of drug-likeness (QED) is 0.406. The molecular formula is C8H13NO5. The number of ether oxygens (including phenoxy) is 1. The Kier molecular flexibility index (Phi) is 4.62. The SMILES string of the molecule is CC(C)(C)OC(=O)CON=CC(=O)O. The Morgan fingerprint density at radius 1 is 1.43 bits per heavy atom. The molecule has 0 atom stereocenters. The zero-order valence-corrected chi connectivity index (χ0v) is 8.31. The summed E-state index contributed by atoms with van der Waals surface area (Å²) in [5.74, 6) is -1.84. The average molecular weight is 203 g/mol. The largest absolute Gasteiger partial charge is 0.477 e. The van der Waals surface area contributed by atoms with E-state index < -0.39 is 24.1 Å². The monoisotopic (exact) mass is 203 g/mol. The second-order valence-electron chi connectivity index (χ2n) is 3.43. The van der Waals surface area contributed by atoms with E-state index in [2.05, 4.69) is 9.99 Å². The first-order valence-corrected chi connectivity index (χ1v) is 3.91. The van der Waals surface area contributed by atoms with E-state index >= 15 is 0 Å². The third-order valence-corrected chi connectivity index (χ3v) is 0.840. The number of oxime groups is 1. The van der Waals surface area contributed by atoms with Crippen molar-refractivity contribution in [3.8, 4) is 0 Å². The summed E-state index contributed by atoms with van der Waals surface area (Å²) < 4.78 is 4.86. The molecule has 0 radical (unpaired) electrons. The third-order valence-electron chi connectivity index (χ3n) is 0.840. The lowest BCUT2D eigenvalue weighted by molar-refractivity contribution is -0.160. The highest BCUT2D eigenvalue weighted by molar-refractivity contribution is 6.21. The first-order valence-electron chi connectivity index (χ1n) is 3.91. The fourth-order valence-electron chi connectivity index (χ4n) is 0.543. The highest BCUT2D eigenvalue weighted by atomic mass is 16.7. The molecule has 0 aliphatic carbocycles. The average Bonchev–Trinajstić information content (AvgIpc) is 1.94. The molecule has 0 fully saturated rings. The molecule has 0 aromatic carbocycles. The van der Waals surface area contributed by atoms with Gasteiger partial charge in [0.25, 0.3) is 0 Å². The lowest BCUT2D eigenvalue weighted by atomic mass is 10.2. The lowest BCUT2D eigenvalue weighted by Crippen LogP contribution is -2.26. The Bertz CT molecular complexity index is 241. The van der Waals surface area contributed by atoms with E-state index in [-0.39, 0.29) is 0 Å². The van der Waals surface area contributed by atoms with E-state index in [1.165, 1.54) is 0 Å². The fraction of sp³-hybridized carbons (Fsp3) is 0.625. The fourth-order valence-corrected chi connectivity index (χ4v) is 0.543. The molecule has 0 bridgehead atoms.